The zero-order valence-corrected chi connectivity index (χ0v) is 40.0. The minimum absolute atomic E-state index is 0.0413. The second-order valence-corrected chi connectivity index (χ2v) is 21.2. The third kappa shape index (κ3) is 10.0. The van der Waals surface area contributed by atoms with Gasteiger partial charge in [-0.3, -0.25) is 14.2 Å². The molecule has 1 spiro atoms. The molecular weight excluding hydrogens is 942 g/mol. The highest BCUT2D eigenvalue weighted by molar-refractivity contribution is 7.65. The molecule has 2 amide bonds. The normalized spacial score (nSPS) is 17.5. The lowest BCUT2D eigenvalue weighted by Crippen LogP contribution is -2.44. The summed E-state index contributed by atoms with van der Waals surface area (Å²) < 4.78 is 130. The molecule has 0 aromatic heterocycles. The summed E-state index contributed by atoms with van der Waals surface area (Å²) in [5, 5.41) is 12.2. The number of unbranched alkanes of at least 4 members (excludes halogenated alkanes) is 3. The maximum Gasteiger partial charge on any atom is 0.471 e. The van der Waals surface area contributed by atoms with Crippen molar-refractivity contribution in [1.82, 2.24) is 9.76 Å². The molecule has 0 fully saturated rings. The van der Waals surface area contributed by atoms with Crippen LogP contribution in [0.5, 0.6) is 11.5 Å². The van der Waals surface area contributed by atoms with Crippen LogP contribution >= 0.6 is 16.0 Å². The number of ether oxygens (including phenoxy) is 2. The number of carbonyl (C=O) groups excluding carboxylic acids is 3. The minimum Gasteiger partial charge on any atom is -0.456 e. The molecule has 0 aliphatic carbocycles. The molecule has 3 aromatic carbocycles. The number of hydrogen-bond donors (Lipinski definition) is 1. The van der Waals surface area contributed by atoms with Crippen LogP contribution in [-0.4, -0.2) is 86.8 Å². The van der Waals surface area contributed by atoms with Gasteiger partial charge in [-0.25, -0.2) is 14.6 Å². The first-order valence-corrected chi connectivity index (χ1v) is 25.2. The molecule has 4 heterocycles. The van der Waals surface area contributed by atoms with Gasteiger partial charge in [0.1, 0.15) is 11.5 Å². The number of amides is 2. The Bertz CT molecular complexity index is 2410. The van der Waals surface area contributed by atoms with Crippen LogP contribution in [0.15, 0.2) is 42.5 Å². The van der Waals surface area contributed by atoms with Gasteiger partial charge in [-0.2, -0.15) is 31.6 Å². The van der Waals surface area contributed by atoms with Crippen molar-refractivity contribution in [2.75, 3.05) is 49.8 Å². The fourth-order valence-corrected chi connectivity index (χ4v) is 12.5. The maximum atomic E-state index is 14.7. The lowest BCUT2D eigenvalue weighted by atomic mass is 9.75. The second kappa shape index (κ2) is 20.4. The number of rotatable bonds is 17. The van der Waals surface area contributed by atoms with Gasteiger partial charge in [0.25, 0.3) is 16.0 Å². The third-order valence-corrected chi connectivity index (χ3v) is 16.5. The molecule has 2 unspecified atom stereocenters. The summed E-state index contributed by atoms with van der Waals surface area (Å²) in [6, 6.07) is 12.2. The Hall–Kier alpha value is -4.60. The molecule has 2 atom stereocenters. The number of benzene rings is 3. The smallest absolute Gasteiger partial charge is 0.456 e. The van der Waals surface area contributed by atoms with Crippen molar-refractivity contribution in [3.63, 3.8) is 0 Å². The summed E-state index contributed by atoms with van der Waals surface area (Å²) in [6.07, 6.45) is -6.55. The van der Waals surface area contributed by atoms with Crippen molar-refractivity contribution in [1.29, 1.82) is 5.26 Å². The van der Waals surface area contributed by atoms with Crippen LogP contribution in [0.2, 0.25) is 0 Å². The maximum absolute atomic E-state index is 14.7. The summed E-state index contributed by atoms with van der Waals surface area (Å²) in [5.74, 6) is -5.36. The molecule has 68 heavy (non-hydrogen) atoms. The predicted molar refractivity (Wildman–Crippen MR) is 240 cm³/mol. The van der Waals surface area contributed by atoms with E-state index >= 15 is 0 Å². The number of nitrogens with one attached hydrogen (secondary N) is 1. The van der Waals surface area contributed by atoms with E-state index in [1.54, 1.807) is 0 Å². The van der Waals surface area contributed by atoms with E-state index in [1.165, 1.54) is 49.6 Å². The lowest BCUT2D eigenvalue weighted by Gasteiger charge is -2.40. The van der Waals surface area contributed by atoms with E-state index in [4.69, 9.17) is 28.3 Å². The van der Waals surface area contributed by atoms with Gasteiger partial charge in [0.15, 0.2) is 5.60 Å². The first-order valence-electron chi connectivity index (χ1n) is 22.5. The number of nitrogens with zero attached hydrogens (tertiary/aromatic N) is 4. The fraction of sp³-hybridized carbons (Fsp3) is 0.522. The largest absolute Gasteiger partial charge is 0.471 e. The van der Waals surface area contributed by atoms with Gasteiger partial charge in [-0.1, -0.05) is 12.8 Å². The van der Waals surface area contributed by atoms with Crippen LogP contribution in [0.25, 0.3) is 0 Å². The van der Waals surface area contributed by atoms with E-state index < -0.39 is 51.8 Å². The summed E-state index contributed by atoms with van der Waals surface area (Å²) in [4.78, 5) is 40.5. The molecule has 0 saturated carbocycles. The summed E-state index contributed by atoms with van der Waals surface area (Å²) >= 11 is 0. The molecule has 3 aromatic rings. The Morgan fingerprint density at radius 2 is 1.38 bits per heavy atom. The molecule has 4 aliphatic heterocycles. The molecule has 4 aliphatic rings. The number of nitriles is 1. The highest BCUT2D eigenvalue weighted by Gasteiger charge is 2.56. The molecular formula is C46H53F6N5O9P2. The monoisotopic (exact) mass is 995 g/mol. The predicted octanol–water partition coefficient (Wildman–Crippen LogP) is 9.84. The molecule has 0 saturated heterocycles. The average Bonchev–Trinajstić information content (AvgIpc) is 3.58. The number of anilines is 2. The Balaban J connectivity index is 1.19. The van der Waals surface area contributed by atoms with Crippen molar-refractivity contribution in [2.45, 2.75) is 116 Å². The van der Waals surface area contributed by atoms with E-state index in [1.807, 2.05) is 0 Å². The Morgan fingerprint density at radius 3 is 1.90 bits per heavy atom. The molecule has 1 N–H and O–H groups in total. The van der Waals surface area contributed by atoms with Crippen LogP contribution < -0.4 is 24.9 Å². The molecule has 0 radical (unpaired) electrons. The number of alkyl halides is 6. The topological polar surface area (TPSA) is 160 Å². The third-order valence-electron chi connectivity index (χ3n) is 12.3. The summed E-state index contributed by atoms with van der Waals surface area (Å²) in [5.41, 5.74) is -1.05. The van der Waals surface area contributed by atoms with E-state index in [0.717, 1.165) is 19.3 Å². The van der Waals surface area contributed by atoms with E-state index in [2.05, 4.69) is 43.5 Å². The van der Waals surface area contributed by atoms with Crippen LogP contribution in [0.3, 0.4) is 0 Å². The van der Waals surface area contributed by atoms with Crippen molar-refractivity contribution in [3.8, 4) is 17.6 Å². The highest BCUT2D eigenvalue weighted by atomic mass is 31.2. The number of hydrogen-bond acceptors (Lipinski definition) is 11. The van der Waals surface area contributed by atoms with Gasteiger partial charge < -0.3 is 32.8 Å². The second-order valence-electron chi connectivity index (χ2n) is 17.4. The van der Waals surface area contributed by atoms with Gasteiger partial charge in [0, 0.05) is 67.7 Å². The summed E-state index contributed by atoms with van der Waals surface area (Å²) in [6.45, 7) is 8.67. The number of carbonyl (C=O) groups is 3. The zero-order valence-electron chi connectivity index (χ0n) is 38.2. The number of aryl methyl sites for hydroxylation is 2. The SMILES string of the molecule is COP(=O)(NCCCCCCOP(OCCC#N)N(C(C)C)C(C)C)c1ccc2c(c1)C1(OC2=O)c2cc3c(cc2Oc2cc4c(cc21)CCCN4C(=O)C(F)(F)F)N(C(=O)C(F)(F)F)CCC3. The number of fused-ring (bicyclic) bond motifs is 8. The zero-order chi connectivity index (χ0) is 49.3. The van der Waals surface area contributed by atoms with Crippen LogP contribution in [0.1, 0.15) is 111 Å². The van der Waals surface area contributed by atoms with Crippen molar-refractivity contribution in [3.05, 3.63) is 75.8 Å². The minimum atomic E-state index is -5.22. The Kier molecular flexibility index (Phi) is 15.4. The first kappa shape index (κ1) is 51.3. The molecule has 7 rings (SSSR count). The van der Waals surface area contributed by atoms with Crippen molar-refractivity contribution < 1.29 is 68.3 Å². The van der Waals surface area contributed by atoms with Gasteiger partial charge in [-0.15, -0.1) is 0 Å². The van der Waals surface area contributed by atoms with Crippen LogP contribution in [0.4, 0.5) is 37.7 Å². The van der Waals surface area contributed by atoms with Gasteiger partial charge in [0.2, 0.25) is 0 Å². The quantitative estimate of drug-likeness (QED) is 0.0591. The van der Waals surface area contributed by atoms with E-state index in [0.29, 0.717) is 34.0 Å². The van der Waals surface area contributed by atoms with Gasteiger partial charge >= 0.3 is 30.1 Å². The van der Waals surface area contributed by atoms with Crippen LogP contribution in [0, 0.1) is 11.3 Å². The van der Waals surface area contributed by atoms with Crippen molar-refractivity contribution >= 4 is 50.5 Å². The highest BCUT2D eigenvalue weighted by Crippen LogP contribution is 2.59. The molecule has 368 valence electrons. The average molecular weight is 996 g/mol. The van der Waals surface area contributed by atoms with E-state index in [9.17, 15) is 45.3 Å². The lowest BCUT2D eigenvalue weighted by molar-refractivity contribution is -0.170. The Morgan fingerprint density at radius 1 is 0.838 bits per heavy atom. The molecule has 22 heteroatoms. The standard InChI is InChI=1S/C46H53F6N5O9P2/c1-28(2)57(29(3)4)67(64-22-12-17-53)63-21-9-7-6-8-18-54-68(61,62-5)32-15-16-33-34(25-32)44(66-41(33)58)35-23-30-13-10-19-55(42(59)45(47,48)49)37(30)26-39(35)65-40-27-38-31(24-36(40)44)14-11-20-56(38)43(60)46(50,51)52/h15-16,23-29H,6-14,18-22H2,1-5H3,(H,54,61). The summed E-state index contributed by atoms with van der Waals surface area (Å²) in [7, 11) is -3.99. The fourth-order valence-electron chi connectivity index (χ4n) is 9.30. The van der Waals surface area contributed by atoms with E-state index in [-0.39, 0.29) is 121 Å². The van der Waals surface area contributed by atoms with Crippen molar-refractivity contribution in [2.24, 2.45) is 0 Å². The van der Waals surface area contributed by atoms with Crippen LogP contribution in [-0.2, 0) is 50.9 Å². The molecule has 14 nitrogen and oxygen atoms in total. The van der Waals surface area contributed by atoms with Gasteiger partial charge in [-0.05, 0) is 108 Å². The first-order chi connectivity index (χ1) is 32.2. The van der Waals surface area contributed by atoms with Gasteiger partial charge in [0.05, 0.1) is 47.9 Å². The molecule has 0 bridgehead atoms. The number of halogens is 6. The Labute approximate surface area is 391 Å². The number of esters is 1.